The molecule has 0 aliphatic heterocycles. The van der Waals surface area contributed by atoms with E-state index < -0.39 is 17.9 Å². The number of rotatable bonds is 6. The number of carboxylic acids is 1. The Morgan fingerprint density at radius 1 is 1.00 bits per heavy atom. The fourth-order valence-electron chi connectivity index (χ4n) is 2.79. The molecule has 0 aromatic heterocycles. The molecule has 2 aromatic rings. The summed E-state index contributed by atoms with van der Waals surface area (Å²) in [4.78, 5) is 35.6. The molecule has 0 heterocycles. The largest absolute Gasteiger partial charge is 0.480 e. The van der Waals surface area contributed by atoms with Gasteiger partial charge in [-0.15, -0.1) is 0 Å². The molecular formula is C22H26N2O4. The predicted molar refractivity (Wildman–Crippen MR) is 108 cm³/mol. The van der Waals surface area contributed by atoms with Gasteiger partial charge in [0.15, 0.2) is 0 Å². The molecule has 0 bridgehead atoms. The van der Waals surface area contributed by atoms with E-state index in [-0.39, 0.29) is 23.3 Å². The molecule has 0 saturated carbocycles. The van der Waals surface area contributed by atoms with Gasteiger partial charge >= 0.3 is 5.97 Å². The summed E-state index contributed by atoms with van der Waals surface area (Å²) in [6.07, 6.45) is 0.161. The Hall–Kier alpha value is -3.15. The minimum absolute atomic E-state index is 0.00632. The number of amides is 2. The molecule has 1 atom stereocenters. The topological polar surface area (TPSA) is 95.5 Å². The SMILES string of the molecule is CC(=O)Nc1ccccc1C(=O)N[C@H](Cc1ccc(C(C)(C)C)cc1)C(=O)O. The molecule has 0 spiro atoms. The summed E-state index contributed by atoms with van der Waals surface area (Å²) in [5.41, 5.74) is 2.53. The molecule has 2 rings (SSSR count). The van der Waals surface area contributed by atoms with E-state index in [2.05, 4.69) is 31.4 Å². The number of carbonyl (C=O) groups excluding carboxylic acids is 2. The van der Waals surface area contributed by atoms with Gasteiger partial charge in [-0.3, -0.25) is 9.59 Å². The third-order valence-corrected chi connectivity index (χ3v) is 4.35. The van der Waals surface area contributed by atoms with Crippen molar-refractivity contribution in [1.29, 1.82) is 0 Å². The van der Waals surface area contributed by atoms with Crippen LogP contribution < -0.4 is 10.6 Å². The molecule has 0 aliphatic rings. The third kappa shape index (κ3) is 5.67. The molecular weight excluding hydrogens is 356 g/mol. The molecule has 2 aromatic carbocycles. The predicted octanol–water partition coefficient (Wildman–Crippen LogP) is 3.37. The van der Waals surface area contributed by atoms with E-state index in [1.54, 1.807) is 18.2 Å². The third-order valence-electron chi connectivity index (χ3n) is 4.35. The van der Waals surface area contributed by atoms with Crippen LogP contribution in [0.25, 0.3) is 0 Å². The minimum Gasteiger partial charge on any atom is -0.480 e. The van der Waals surface area contributed by atoms with Gasteiger partial charge in [0.1, 0.15) is 6.04 Å². The van der Waals surface area contributed by atoms with Crippen molar-refractivity contribution in [2.24, 2.45) is 0 Å². The summed E-state index contributed by atoms with van der Waals surface area (Å²) in [5.74, 6) is -1.98. The standard InChI is InChI=1S/C22H26N2O4/c1-14(25)23-18-8-6-5-7-17(18)20(26)24-19(21(27)28)13-15-9-11-16(12-10-15)22(2,3)4/h5-12,19H,13H2,1-4H3,(H,23,25)(H,24,26)(H,27,28)/t19-/m1/s1. The molecule has 148 valence electrons. The Morgan fingerprint density at radius 3 is 2.14 bits per heavy atom. The molecule has 3 N–H and O–H groups in total. The van der Waals surface area contributed by atoms with Crippen molar-refractivity contribution in [2.45, 2.75) is 45.6 Å². The van der Waals surface area contributed by atoms with Crippen LogP contribution in [0.1, 0.15) is 49.2 Å². The smallest absolute Gasteiger partial charge is 0.326 e. The van der Waals surface area contributed by atoms with Crippen LogP contribution in [0.3, 0.4) is 0 Å². The van der Waals surface area contributed by atoms with Crippen molar-refractivity contribution in [1.82, 2.24) is 5.32 Å². The van der Waals surface area contributed by atoms with Crippen molar-refractivity contribution in [2.75, 3.05) is 5.32 Å². The number of carboxylic acid groups (broad SMARTS) is 1. The lowest BCUT2D eigenvalue weighted by Crippen LogP contribution is -2.42. The van der Waals surface area contributed by atoms with Crippen molar-refractivity contribution >= 4 is 23.5 Å². The molecule has 0 unspecified atom stereocenters. The summed E-state index contributed by atoms with van der Waals surface area (Å²) in [5, 5.41) is 14.7. The molecule has 0 aliphatic carbocycles. The maximum absolute atomic E-state index is 12.6. The summed E-state index contributed by atoms with van der Waals surface area (Å²) >= 11 is 0. The van der Waals surface area contributed by atoms with E-state index in [9.17, 15) is 19.5 Å². The normalized spacial score (nSPS) is 12.1. The van der Waals surface area contributed by atoms with Gasteiger partial charge in [-0.25, -0.2) is 4.79 Å². The van der Waals surface area contributed by atoms with Crippen LogP contribution >= 0.6 is 0 Å². The molecule has 0 radical (unpaired) electrons. The number of para-hydroxylation sites is 1. The Kier molecular flexibility index (Phi) is 6.57. The first-order valence-corrected chi connectivity index (χ1v) is 9.07. The second kappa shape index (κ2) is 8.69. The summed E-state index contributed by atoms with van der Waals surface area (Å²) in [7, 11) is 0. The lowest BCUT2D eigenvalue weighted by molar-refractivity contribution is -0.139. The summed E-state index contributed by atoms with van der Waals surface area (Å²) in [6, 6.07) is 13.1. The van der Waals surface area contributed by atoms with E-state index in [4.69, 9.17) is 0 Å². The van der Waals surface area contributed by atoms with Crippen molar-refractivity contribution in [3.05, 3.63) is 65.2 Å². The highest BCUT2D eigenvalue weighted by atomic mass is 16.4. The fourth-order valence-corrected chi connectivity index (χ4v) is 2.79. The van der Waals surface area contributed by atoms with Gasteiger partial charge in [0.2, 0.25) is 5.91 Å². The summed E-state index contributed by atoms with van der Waals surface area (Å²) < 4.78 is 0. The minimum atomic E-state index is -1.12. The lowest BCUT2D eigenvalue weighted by Gasteiger charge is -2.20. The highest BCUT2D eigenvalue weighted by molar-refractivity contribution is 6.04. The van der Waals surface area contributed by atoms with Crippen molar-refractivity contribution in [3.63, 3.8) is 0 Å². The van der Waals surface area contributed by atoms with Gasteiger partial charge in [0, 0.05) is 13.3 Å². The van der Waals surface area contributed by atoms with E-state index in [1.807, 2.05) is 24.3 Å². The van der Waals surface area contributed by atoms with Crippen LogP contribution in [0, 0.1) is 0 Å². The first kappa shape index (κ1) is 21.2. The van der Waals surface area contributed by atoms with Crippen molar-refractivity contribution < 1.29 is 19.5 Å². The maximum atomic E-state index is 12.6. The maximum Gasteiger partial charge on any atom is 0.326 e. The molecule has 28 heavy (non-hydrogen) atoms. The zero-order valence-corrected chi connectivity index (χ0v) is 16.6. The average Bonchev–Trinajstić information content (AvgIpc) is 2.60. The van der Waals surface area contributed by atoms with Gasteiger partial charge in [0.25, 0.3) is 5.91 Å². The second-order valence-electron chi connectivity index (χ2n) is 7.74. The number of carbonyl (C=O) groups is 3. The molecule has 6 nitrogen and oxygen atoms in total. The molecule has 0 fully saturated rings. The quantitative estimate of drug-likeness (QED) is 0.714. The lowest BCUT2D eigenvalue weighted by atomic mass is 9.86. The highest BCUT2D eigenvalue weighted by Gasteiger charge is 2.23. The monoisotopic (exact) mass is 382 g/mol. The van der Waals surface area contributed by atoms with Crippen LogP contribution in [0.2, 0.25) is 0 Å². The van der Waals surface area contributed by atoms with E-state index in [0.29, 0.717) is 5.69 Å². The van der Waals surface area contributed by atoms with Crippen LogP contribution in [0.4, 0.5) is 5.69 Å². The molecule has 0 saturated heterocycles. The summed E-state index contributed by atoms with van der Waals surface area (Å²) in [6.45, 7) is 7.66. The second-order valence-corrected chi connectivity index (χ2v) is 7.74. The molecule has 2 amide bonds. The van der Waals surface area contributed by atoms with Gasteiger partial charge < -0.3 is 15.7 Å². The Labute approximate surface area is 165 Å². The van der Waals surface area contributed by atoms with E-state index in [0.717, 1.165) is 11.1 Å². The van der Waals surface area contributed by atoms with Gasteiger partial charge in [0.05, 0.1) is 11.3 Å². The van der Waals surface area contributed by atoms with Crippen LogP contribution in [0.15, 0.2) is 48.5 Å². The number of nitrogens with one attached hydrogen (secondary N) is 2. The zero-order valence-electron chi connectivity index (χ0n) is 16.6. The highest BCUT2D eigenvalue weighted by Crippen LogP contribution is 2.22. The first-order valence-electron chi connectivity index (χ1n) is 9.07. The number of aliphatic carboxylic acids is 1. The Balaban J connectivity index is 2.16. The average molecular weight is 382 g/mol. The van der Waals surface area contributed by atoms with Gasteiger partial charge in [-0.2, -0.15) is 0 Å². The van der Waals surface area contributed by atoms with Crippen LogP contribution in [-0.4, -0.2) is 28.9 Å². The van der Waals surface area contributed by atoms with E-state index in [1.165, 1.54) is 13.0 Å². The van der Waals surface area contributed by atoms with Gasteiger partial charge in [-0.05, 0) is 28.7 Å². The number of hydrogen-bond donors (Lipinski definition) is 3. The fraction of sp³-hybridized carbons (Fsp3) is 0.318. The Bertz CT molecular complexity index is 867. The number of benzene rings is 2. The van der Waals surface area contributed by atoms with Crippen LogP contribution in [-0.2, 0) is 21.4 Å². The molecule has 6 heteroatoms. The Morgan fingerprint density at radius 2 is 1.61 bits per heavy atom. The zero-order chi connectivity index (χ0) is 20.9. The van der Waals surface area contributed by atoms with E-state index >= 15 is 0 Å². The number of hydrogen-bond acceptors (Lipinski definition) is 3. The first-order chi connectivity index (χ1) is 13.1. The van der Waals surface area contributed by atoms with Gasteiger partial charge in [-0.1, -0.05) is 57.2 Å². The van der Waals surface area contributed by atoms with Crippen LogP contribution in [0.5, 0.6) is 0 Å². The van der Waals surface area contributed by atoms with Crippen molar-refractivity contribution in [3.8, 4) is 0 Å². The number of anilines is 1.